The van der Waals surface area contributed by atoms with Gasteiger partial charge in [0.05, 0.1) is 0 Å². The minimum Gasteiger partial charge on any atom is -0.327 e. The second kappa shape index (κ2) is 7.29. The molecule has 0 aromatic rings. The predicted octanol–water partition coefficient (Wildman–Crippen LogP) is 3.01. The lowest BCUT2D eigenvalue weighted by Gasteiger charge is -2.30. The Labute approximate surface area is 102 Å². The highest BCUT2D eigenvalue weighted by Crippen LogP contribution is 2.19. The van der Waals surface area contributed by atoms with Gasteiger partial charge in [0.1, 0.15) is 0 Å². The first-order chi connectivity index (χ1) is 7.65. The molecule has 96 valence electrons. The van der Waals surface area contributed by atoms with Gasteiger partial charge in [-0.3, -0.25) is 0 Å². The van der Waals surface area contributed by atoms with Gasteiger partial charge in [-0.05, 0) is 44.7 Å². The third-order valence-electron chi connectivity index (χ3n) is 4.08. The van der Waals surface area contributed by atoms with E-state index in [4.69, 9.17) is 5.73 Å². The molecule has 2 unspecified atom stereocenters. The number of nitrogens with two attached hydrogens (primary N) is 1. The lowest BCUT2D eigenvalue weighted by molar-refractivity contribution is 0.184. The van der Waals surface area contributed by atoms with Crippen molar-refractivity contribution in [1.82, 2.24) is 4.90 Å². The Hall–Kier alpha value is -0.0800. The van der Waals surface area contributed by atoms with Gasteiger partial charge in [-0.1, -0.05) is 33.6 Å². The third-order valence-corrected chi connectivity index (χ3v) is 4.08. The zero-order valence-electron chi connectivity index (χ0n) is 11.4. The standard InChI is InChI=1S/C14H30N2/c1-4-13-8-6-5-7-10-16(13)11-9-14(15)12(2)3/h12-14H,4-11,15H2,1-3H3. The molecule has 2 heteroatoms. The van der Waals surface area contributed by atoms with E-state index in [1.54, 1.807) is 0 Å². The number of nitrogens with zero attached hydrogens (tertiary/aromatic N) is 1. The summed E-state index contributed by atoms with van der Waals surface area (Å²) >= 11 is 0. The zero-order chi connectivity index (χ0) is 12.0. The SMILES string of the molecule is CCC1CCCCCN1CCC(N)C(C)C. The van der Waals surface area contributed by atoms with Crippen LogP contribution in [-0.2, 0) is 0 Å². The Balaban J connectivity index is 2.36. The molecular formula is C14H30N2. The Morgan fingerprint density at radius 1 is 1.25 bits per heavy atom. The minimum absolute atomic E-state index is 0.376. The maximum Gasteiger partial charge on any atom is 0.00926 e. The smallest absolute Gasteiger partial charge is 0.00926 e. The molecular weight excluding hydrogens is 196 g/mol. The molecule has 0 aliphatic carbocycles. The molecule has 16 heavy (non-hydrogen) atoms. The van der Waals surface area contributed by atoms with E-state index >= 15 is 0 Å². The van der Waals surface area contributed by atoms with Crippen LogP contribution in [0, 0.1) is 5.92 Å². The van der Waals surface area contributed by atoms with Crippen LogP contribution in [-0.4, -0.2) is 30.1 Å². The predicted molar refractivity (Wildman–Crippen MR) is 71.6 cm³/mol. The fraction of sp³-hybridized carbons (Fsp3) is 1.00. The average molecular weight is 226 g/mol. The van der Waals surface area contributed by atoms with Crippen LogP contribution in [0.15, 0.2) is 0 Å². The van der Waals surface area contributed by atoms with Crippen molar-refractivity contribution in [2.45, 2.75) is 71.4 Å². The van der Waals surface area contributed by atoms with Gasteiger partial charge < -0.3 is 10.6 Å². The Bertz CT molecular complexity index is 180. The van der Waals surface area contributed by atoms with Crippen LogP contribution in [0.5, 0.6) is 0 Å². The summed E-state index contributed by atoms with van der Waals surface area (Å²) in [7, 11) is 0. The maximum absolute atomic E-state index is 6.13. The molecule has 0 bridgehead atoms. The van der Waals surface area contributed by atoms with E-state index in [1.807, 2.05) is 0 Å². The lowest BCUT2D eigenvalue weighted by Crippen LogP contribution is -2.39. The van der Waals surface area contributed by atoms with Crippen LogP contribution in [0.3, 0.4) is 0 Å². The summed E-state index contributed by atoms with van der Waals surface area (Å²) in [5.41, 5.74) is 6.13. The monoisotopic (exact) mass is 226 g/mol. The molecule has 0 aromatic heterocycles. The second-order valence-electron chi connectivity index (χ2n) is 5.64. The van der Waals surface area contributed by atoms with E-state index in [0.717, 1.165) is 12.5 Å². The highest BCUT2D eigenvalue weighted by atomic mass is 15.2. The number of hydrogen-bond acceptors (Lipinski definition) is 2. The molecule has 2 N–H and O–H groups in total. The summed E-state index contributed by atoms with van der Waals surface area (Å²) in [5.74, 6) is 0.618. The molecule has 1 fully saturated rings. The maximum atomic E-state index is 6.13. The van der Waals surface area contributed by atoms with Crippen molar-refractivity contribution < 1.29 is 0 Å². The van der Waals surface area contributed by atoms with Gasteiger partial charge in [-0.15, -0.1) is 0 Å². The molecule has 0 saturated carbocycles. The van der Waals surface area contributed by atoms with Gasteiger partial charge in [0, 0.05) is 12.1 Å². The van der Waals surface area contributed by atoms with Crippen molar-refractivity contribution in [3.05, 3.63) is 0 Å². The molecule has 1 heterocycles. The summed E-state index contributed by atoms with van der Waals surface area (Å²) in [6.07, 6.45) is 8.08. The van der Waals surface area contributed by atoms with Gasteiger partial charge in [0.15, 0.2) is 0 Å². The first kappa shape index (κ1) is 14.0. The van der Waals surface area contributed by atoms with Gasteiger partial charge in [0.25, 0.3) is 0 Å². The molecule has 2 nitrogen and oxygen atoms in total. The van der Waals surface area contributed by atoms with E-state index in [2.05, 4.69) is 25.7 Å². The molecule has 1 rings (SSSR count). The van der Waals surface area contributed by atoms with Crippen molar-refractivity contribution >= 4 is 0 Å². The molecule has 0 spiro atoms. The second-order valence-corrected chi connectivity index (χ2v) is 5.64. The first-order valence-corrected chi connectivity index (χ1v) is 7.14. The summed E-state index contributed by atoms with van der Waals surface area (Å²) in [6.45, 7) is 9.28. The van der Waals surface area contributed by atoms with E-state index in [9.17, 15) is 0 Å². The van der Waals surface area contributed by atoms with Crippen molar-refractivity contribution in [2.24, 2.45) is 11.7 Å². The van der Waals surface area contributed by atoms with E-state index < -0.39 is 0 Å². The lowest BCUT2D eigenvalue weighted by atomic mass is 10.0. The van der Waals surface area contributed by atoms with Gasteiger partial charge in [-0.2, -0.15) is 0 Å². The number of rotatable bonds is 5. The van der Waals surface area contributed by atoms with E-state index in [-0.39, 0.29) is 0 Å². The van der Waals surface area contributed by atoms with Crippen molar-refractivity contribution in [3.63, 3.8) is 0 Å². The summed E-state index contributed by atoms with van der Waals surface area (Å²) in [5, 5.41) is 0. The van der Waals surface area contributed by atoms with E-state index in [0.29, 0.717) is 12.0 Å². The molecule has 0 amide bonds. The zero-order valence-corrected chi connectivity index (χ0v) is 11.4. The third kappa shape index (κ3) is 4.42. The fourth-order valence-corrected chi connectivity index (χ4v) is 2.64. The first-order valence-electron chi connectivity index (χ1n) is 7.14. The van der Waals surface area contributed by atoms with Crippen LogP contribution in [0.2, 0.25) is 0 Å². The molecule has 1 saturated heterocycles. The van der Waals surface area contributed by atoms with Crippen LogP contribution in [0.1, 0.15) is 59.3 Å². The summed E-state index contributed by atoms with van der Waals surface area (Å²) in [6, 6.07) is 1.20. The van der Waals surface area contributed by atoms with E-state index in [1.165, 1.54) is 45.2 Å². The molecule has 0 aromatic carbocycles. The van der Waals surface area contributed by atoms with Crippen molar-refractivity contribution in [3.8, 4) is 0 Å². The number of likely N-dealkylation sites (tertiary alicyclic amines) is 1. The highest BCUT2D eigenvalue weighted by Gasteiger charge is 2.20. The van der Waals surface area contributed by atoms with Gasteiger partial charge in [0.2, 0.25) is 0 Å². The molecule has 1 aliphatic rings. The largest absolute Gasteiger partial charge is 0.327 e. The summed E-state index contributed by atoms with van der Waals surface area (Å²) in [4.78, 5) is 2.69. The summed E-state index contributed by atoms with van der Waals surface area (Å²) < 4.78 is 0. The Morgan fingerprint density at radius 3 is 2.62 bits per heavy atom. The molecule has 2 atom stereocenters. The highest BCUT2D eigenvalue weighted by molar-refractivity contribution is 4.76. The molecule has 0 radical (unpaired) electrons. The quantitative estimate of drug-likeness (QED) is 0.781. The number of hydrogen-bond donors (Lipinski definition) is 1. The van der Waals surface area contributed by atoms with Crippen molar-refractivity contribution in [1.29, 1.82) is 0 Å². The van der Waals surface area contributed by atoms with Crippen LogP contribution < -0.4 is 5.73 Å². The minimum atomic E-state index is 0.376. The molecule has 1 aliphatic heterocycles. The van der Waals surface area contributed by atoms with Gasteiger partial charge in [-0.25, -0.2) is 0 Å². The van der Waals surface area contributed by atoms with Crippen LogP contribution in [0.25, 0.3) is 0 Å². The van der Waals surface area contributed by atoms with Crippen molar-refractivity contribution in [2.75, 3.05) is 13.1 Å². The Morgan fingerprint density at radius 2 is 2.00 bits per heavy atom. The topological polar surface area (TPSA) is 29.3 Å². The fourth-order valence-electron chi connectivity index (χ4n) is 2.64. The normalized spacial score (nSPS) is 25.7. The van der Waals surface area contributed by atoms with Crippen LogP contribution >= 0.6 is 0 Å². The average Bonchev–Trinajstić information content (AvgIpc) is 2.50. The Kier molecular flexibility index (Phi) is 6.37. The van der Waals surface area contributed by atoms with Crippen LogP contribution in [0.4, 0.5) is 0 Å². The van der Waals surface area contributed by atoms with Gasteiger partial charge >= 0.3 is 0 Å².